The summed E-state index contributed by atoms with van der Waals surface area (Å²) in [5.41, 5.74) is 4.74. The highest BCUT2D eigenvalue weighted by Crippen LogP contribution is 2.22. The Morgan fingerprint density at radius 3 is 2.65 bits per heavy atom. The number of carbonyl (C=O) groups excluding carboxylic acids is 1. The van der Waals surface area contributed by atoms with Crippen molar-refractivity contribution in [3.63, 3.8) is 0 Å². The third-order valence-electron chi connectivity index (χ3n) is 2.75. The average Bonchev–Trinajstić information content (AvgIpc) is 2.42. The van der Waals surface area contributed by atoms with Gasteiger partial charge in [-0.2, -0.15) is 0 Å². The number of aryl methyl sites for hydroxylation is 1. The highest BCUT2D eigenvalue weighted by molar-refractivity contribution is 9.10. The molecule has 0 aromatic heterocycles. The molecule has 0 heterocycles. The summed E-state index contributed by atoms with van der Waals surface area (Å²) in [6.45, 7) is 1.90. The number of anilines is 2. The van der Waals surface area contributed by atoms with Crippen molar-refractivity contribution < 1.29 is 9.18 Å². The van der Waals surface area contributed by atoms with Gasteiger partial charge in [-0.1, -0.05) is 6.07 Å². The van der Waals surface area contributed by atoms with Crippen molar-refractivity contribution >= 4 is 33.2 Å². The van der Waals surface area contributed by atoms with Crippen LogP contribution >= 0.6 is 15.9 Å². The Morgan fingerprint density at radius 2 is 2.00 bits per heavy atom. The average molecular weight is 338 g/mol. The van der Waals surface area contributed by atoms with Crippen molar-refractivity contribution in [1.82, 2.24) is 0 Å². The van der Waals surface area contributed by atoms with Crippen molar-refractivity contribution in [3.8, 4) is 0 Å². The van der Waals surface area contributed by atoms with Gasteiger partial charge >= 0.3 is 0 Å². The summed E-state index contributed by atoms with van der Waals surface area (Å²) in [6, 6.07) is 9.60. The predicted octanol–water partition coefficient (Wildman–Crippen LogP) is 3.43. The van der Waals surface area contributed by atoms with Crippen LogP contribution in [0.2, 0.25) is 0 Å². The largest absolute Gasteiger partial charge is 0.323 e. The number of halogens is 2. The van der Waals surface area contributed by atoms with Gasteiger partial charge in [0.1, 0.15) is 5.82 Å². The van der Waals surface area contributed by atoms with Crippen molar-refractivity contribution in [2.24, 2.45) is 5.84 Å². The Balaban J connectivity index is 2.25. The predicted molar refractivity (Wildman–Crippen MR) is 81.0 cm³/mol. The number of nitrogen functional groups attached to an aromatic ring is 1. The molecule has 4 N–H and O–H groups in total. The molecule has 0 fully saturated rings. The third kappa shape index (κ3) is 3.15. The van der Waals surface area contributed by atoms with Crippen LogP contribution < -0.4 is 16.6 Å². The molecule has 0 bridgehead atoms. The molecule has 2 aromatic rings. The monoisotopic (exact) mass is 337 g/mol. The third-order valence-corrected chi connectivity index (χ3v) is 3.40. The molecule has 0 radical (unpaired) electrons. The van der Waals surface area contributed by atoms with Crippen LogP contribution in [0.15, 0.2) is 40.9 Å². The number of carbonyl (C=O) groups is 1. The topological polar surface area (TPSA) is 67.2 Å². The number of nitrogens with one attached hydrogen (secondary N) is 2. The number of nitrogens with two attached hydrogens (primary N) is 1. The lowest BCUT2D eigenvalue weighted by Gasteiger charge is -2.11. The van der Waals surface area contributed by atoms with Crippen LogP contribution in [0.4, 0.5) is 15.8 Å². The lowest BCUT2D eigenvalue weighted by molar-refractivity contribution is 0.102. The van der Waals surface area contributed by atoms with Crippen LogP contribution in [0.1, 0.15) is 15.9 Å². The lowest BCUT2D eigenvalue weighted by atomic mass is 10.1. The molecular weight excluding hydrogens is 325 g/mol. The van der Waals surface area contributed by atoms with Crippen LogP contribution in [0.5, 0.6) is 0 Å². The fourth-order valence-electron chi connectivity index (χ4n) is 1.75. The van der Waals surface area contributed by atoms with Crippen molar-refractivity contribution in [2.45, 2.75) is 6.92 Å². The SMILES string of the molecule is Cc1ccc(C(=O)Nc2ccc(Br)c(F)c2)c(NN)c1. The minimum absolute atomic E-state index is 0.343. The summed E-state index contributed by atoms with van der Waals surface area (Å²) in [5.74, 6) is 4.60. The molecule has 0 saturated heterocycles. The van der Waals surface area contributed by atoms with Crippen LogP contribution in [0, 0.1) is 12.7 Å². The number of hydrazine groups is 1. The van der Waals surface area contributed by atoms with Crippen LogP contribution in [0.25, 0.3) is 0 Å². The highest BCUT2D eigenvalue weighted by atomic mass is 79.9. The highest BCUT2D eigenvalue weighted by Gasteiger charge is 2.12. The van der Waals surface area contributed by atoms with Crippen LogP contribution in [-0.2, 0) is 0 Å². The fourth-order valence-corrected chi connectivity index (χ4v) is 1.99. The maximum atomic E-state index is 13.4. The maximum Gasteiger partial charge on any atom is 0.257 e. The molecule has 0 spiro atoms. The molecule has 0 aliphatic rings. The summed E-state index contributed by atoms with van der Waals surface area (Å²) in [5, 5.41) is 2.63. The maximum absolute atomic E-state index is 13.4. The first-order chi connectivity index (χ1) is 9.51. The summed E-state index contributed by atoms with van der Waals surface area (Å²) in [4.78, 5) is 12.2. The van der Waals surface area contributed by atoms with E-state index in [0.29, 0.717) is 21.4 Å². The van der Waals surface area contributed by atoms with E-state index < -0.39 is 5.82 Å². The quantitative estimate of drug-likeness (QED) is 0.593. The Labute approximate surface area is 124 Å². The van der Waals surface area contributed by atoms with Gasteiger partial charge in [0.25, 0.3) is 5.91 Å². The van der Waals surface area contributed by atoms with Gasteiger partial charge < -0.3 is 10.7 Å². The van der Waals surface area contributed by atoms with Crippen LogP contribution in [0.3, 0.4) is 0 Å². The number of benzene rings is 2. The lowest BCUT2D eigenvalue weighted by Crippen LogP contribution is -2.17. The van der Waals surface area contributed by atoms with E-state index in [1.807, 2.05) is 6.92 Å². The fraction of sp³-hybridized carbons (Fsp3) is 0.0714. The van der Waals surface area contributed by atoms with E-state index in [9.17, 15) is 9.18 Å². The molecule has 2 aromatic carbocycles. The first-order valence-electron chi connectivity index (χ1n) is 5.85. The van der Waals surface area contributed by atoms with E-state index in [1.165, 1.54) is 12.1 Å². The molecule has 2 rings (SSSR count). The Bertz CT molecular complexity index is 661. The van der Waals surface area contributed by atoms with E-state index in [0.717, 1.165) is 5.56 Å². The second kappa shape index (κ2) is 6.02. The molecule has 0 unspecified atom stereocenters. The summed E-state index contributed by atoms with van der Waals surface area (Å²) in [6.07, 6.45) is 0. The van der Waals surface area contributed by atoms with E-state index in [2.05, 4.69) is 26.7 Å². The number of hydrogen-bond donors (Lipinski definition) is 3. The standard InChI is InChI=1S/C14H13BrFN3O/c1-8-2-4-10(13(6-8)19-17)14(20)18-9-3-5-11(15)12(16)7-9/h2-7,19H,17H2,1H3,(H,18,20). The number of hydrogen-bond acceptors (Lipinski definition) is 3. The minimum atomic E-state index is -0.441. The second-order valence-electron chi connectivity index (χ2n) is 4.28. The van der Waals surface area contributed by atoms with E-state index in [4.69, 9.17) is 5.84 Å². The van der Waals surface area contributed by atoms with Gasteiger partial charge in [0.05, 0.1) is 15.7 Å². The van der Waals surface area contributed by atoms with E-state index in [1.54, 1.807) is 24.3 Å². The van der Waals surface area contributed by atoms with Crippen LogP contribution in [-0.4, -0.2) is 5.91 Å². The molecule has 1 amide bonds. The van der Waals surface area contributed by atoms with Crippen molar-refractivity contribution in [2.75, 3.05) is 10.7 Å². The van der Waals surface area contributed by atoms with Gasteiger partial charge in [0, 0.05) is 5.69 Å². The molecule has 20 heavy (non-hydrogen) atoms. The van der Waals surface area contributed by atoms with Gasteiger partial charge in [-0.3, -0.25) is 10.6 Å². The summed E-state index contributed by atoms with van der Waals surface area (Å²) in [7, 11) is 0. The number of amides is 1. The smallest absolute Gasteiger partial charge is 0.257 e. The molecule has 6 heteroatoms. The number of rotatable bonds is 3. The van der Waals surface area contributed by atoms with Crippen molar-refractivity contribution in [1.29, 1.82) is 0 Å². The Kier molecular flexibility index (Phi) is 4.36. The molecular formula is C14H13BrFN3O. The first-order valence-corrected chi connectivity index (χ1v) is 6.64. The summed E-state index contributed by atoms with van der Waals surface area (Å²) >= 11 is 3.06. The first kappa shape index (κ1) is 14.5. The summed E-state index contributed by atoms with van der Waals surface area (Å²) < 4.78 is 13.7. The van der Waals surface area contributed by atoms with Gasteiger partial charge in [-0.15, -0.1) is 0 Å². The second-order valence-corrected chi connectivity index (χ2v) is 5.13. The zero-order valence-electron chi connectivity index (χ0n) is 10.7. The molecule has 0 saturated carbocycles. The Hall–Kier alpha value is -1.92. The molecule has 4 nitrogen and oxygen atoms in total. The van der Waals surface area contributed by atoms with Gasteiger partial charge in [0.2, 0.25) is 0 Å². The minimum Gasteiger partial charge on any atom is -0.323 e. The van der Waals surface area contributed by atoms with E-state index >= 15 is 0 Å². The van der Waals surface area contributed by atoms with Gasteiger partial charge in [0.15, 0.2) is 0 Å². The van der Waals surface area contributed by atoms with Gasteiger partial charge in [-0.25, -0.2) is 4.39 Å². The normalized spacial score (nSPS) is 10.2. The zero-order valence-corrected chi connectivity index (χ0v) is 12.3. The van der Waals surface area contributed by atoms with E-state index in [-0.39, 0.29) is 5.91 Å². The molecule has 0 atom stereocenters. The van der Waals surface area contributed by atoms with Crippen molar-refractivity contribution in [3.05, 3.63) is 57.8 Å². The Morgan fingerprint density at radius 1 is 1.25 bits per heavy atom. The zero-order chi connectivity index (χ0) is 14.7. The molecule has 0 aliphatic heterocycles. The molecule has 0 aliphatic carbocycles. The molecule has 104 valence electrons. The van der Waals surface area contributed by atoms with Gasteiger partial charge in [-0.05, 0) is 58.7 Å².